The van der Waals surface area contributed by atoms with E-state index in [4.69, 9.17) is 5.73 Å². The molecule has 18 heavy (non-hydrogen) atoms. The van der Waals surface area contributed by atoms with E-state index in [9.17, 15) is 10.1 Å². The number of hydrogen-bond acceptors (Lipinski definition) is 5. The highest BCUT2D eigenvalue weighted by molar-refractivity contribution is 5.96. The molecule has 3 N–H and O–H groups in total. The van der Waals surface area contributed by atoms with Crippen LogP contribution in [0.5, 0.6) is 0 Å². The van der Waals surface area contributed by atoms with Gasteiger partial charge in [0.05, 0.1) is 16.0 Å². The van der Waals surface area contributed by atoms with Crippen molar-refractivity contribution in [3.8, 4) is 0 Å². The Labute approximate surface area is 104 Å². The van der Waals surface area contributed by atoms with E-state index in [1.54, 1.807) is 24.4 Å². The molecule has 1 unspecified atom stereocenters. The first-order chi connectivity index (χ1) is 8.63. The summed E-state index contributed by atoms with van der Waals surface area (Å²) in [5, 5.41) is 14.7. The van der Waals surface area contributed by atoms with Gasteiger partial charge in [0.25, 0.3) is 5.69 Å². The van der Waals surface area contributed by atoms with Crippen molar-refractivity contribution in [2.24, 2.45) is 5.73 Å². The summed E-state index contributed by atoms with van der Waals surface area (Å²) >= 11 is 0. The molecule has 0 amide bonds. The lowest BCUT2D eigenvalue weighted by atomic mass is 10.1. The van der Waals surface area contributed by atoms with Crippen LogP contribution in [0.3, 0.4) is 0 Å². The maximum absolute atomic E-state index is 10.9. The monoisotopic (exact) mass is 246 g/mol. The Bertz CT molecular complexity index is 585. The van der Waals surface area contributed by atoms with Crippen molar-refractivity contribution in [1.29, 1.82) is 0 Å². The van der Waals surface area contributed by atoms with Crippen LogP contribution < -0.4 is 11.1 Å². The van der Waals surface area contributed by atoms with Gasteiger partial charge in [-0.3, -0.25) is 15.1 Å². The molecule has 1 aromatic carbocycles. The Morgan fingerprint density at radius 3 is 2.94 bits per heavy atom. The van der Waals surface area contributed by atoms with Gasteiger partial charge in [0.15, 0.2) is 0 Å². The van der Waals surface area contributed by atoms with Gasteiger partial charge in [0.1, 0.15) is 5.52 Å². The van der Waals surface area contributed by atoms with Gasteiger partial charge in [0, 0.05) is 24.8 Å². The van der Waals surface area contributed by atoms with Crippen molar-refractivity contribution in [3.05, 3.63) is 40.6 Å². The first kappa shape index (κ1) is 12.3. The molecule has 0 aliphatic rings. The highest BCUT2D eigenvalue weighted by Crippen LogP contribution is 2.29. The van der Waals surface area contributed by atoms with E-state index < -0.39 is 4.92 Å². The van der Waals surface area contributed by atoms with Crippen molar-refractivity contribution < 1.29 is 4.92 Å². The third-order valence-electron chi connectivity index (χ3n) is 2.70. The fourth-order valence-corrected chi connectivity index (χ4v) is 1.76. The minimum Gasteiger partial charge on any atom is -0.380 e. The highest BCUT2D eigenvalue weighted by Gasteiger charge is 2.15. The quantitative estimate of drug-likeness (QED) is 0.634. The average Bonchev–Trinajstić information content (AvgIpc) is 2.38. The number of anilines is 1. The number of nitro benzene ring substituents is 1. The van der Waals surface area contributed by atoms with Gasteiger partial charge in [-0.05, 0) is 25.1 Å². The molecule has 0 aliphatic carbocycles. The Morgan fingerprint density at radius 1 is 1.50 bits per heavy atom. The zero-order valence-corrected chi connectivity index (χ0v) is 9.96. The third kappa shape index (κ3) is 2.23. The number of hydrogen-bond donors (Lipinski definition) is 2. The van der Waals surface area contributed by atoms with E-state index in [1.165, 1.54) is 6.07 Å². The molecule has 0 saturated heterocycles. The van der Waals surface area contributed by atoms with Gasteiger partial charge in [-0.25, -0.2) is 0 Å². The van der Waals surface area contributed by atoms with Crippen LogP contribution in [0.1, 0.15) is 6.92 Å². The first-order valence-electron chi connectivity index (χ1n) is 5.62. The number of nitrogens with two attached hydrogens (primary N) is 1. The number of nitrogens with zero attached hydrogens (tertiary/aromatic N) is 2. The molecule has 1 heterocycles. The zero-order valence-electron chi connectivity index (χ0n) is 9.96. The molecule has 2 aromatic rings. The minimum absolute atomic E-state index is 0.0593. The number of non-ortho nitro benzene ring substituents is 1. The number of rotatable bonds is 4. The van der Waals surface area contributed by atoms with E-state index in [-0.39, 0.29) is 11.7 Å². The summed E-state index contributed by atoms with van der Waals surface area (Å²) in [7, 11) is 0. The second kappa shape index (κ2) is 4.97. The summed E-state index contributed by atoms with van der Waals surface area (Å²) in [6.45, 7) is 2.42. The van der Waals surface area contributed by atoms with Crippen molar-refractivity contribution in [1.82, 2.24) is 4.98 Å². The van der Waals surface area contributed by atoms with Crippen LogP contribution >= 0.6 is 0 Å². The van der Waals surface area contributed by atoms with Crippen LogP contribution in [-0.4, -0.2) is 22.5 Å². The normalized spacial score (nSPS) is 12.3. The lowest BCUT2D eigenvalue weighted by molar-refractivity contribution is -0.383. The van der Waals surface area contributed by atoms with E-state index >= 15 is 0 Å². The molecule has 0 saturated carbocycles. The molecule has 0 radical (unpaired) electrons. The topological polar surface area (TPSA) is 94.1 Å². The Morgan fingerprint density at radius 2 is 2.28 bits per heavy atom. The number of nitro groups is 1. The maximum atomic E-state index is 10.9. The van der Waals surface area contributed by atoms with Crippen LogP contribution in [-0.2, 0) is 0 Å². The number of benzene rings is 1. The van der Waals surface area contributed by atoms with Gasteiger partial charge in [-0.2, -0.15) is 0 Å². The fourth-order valence-electron chi connectivity index (χ4n) is 1.76. The molecule has 1 atom stereocenters. The minimum atomic E-state index is -0.403. The summed E-state index contributed by atoms with van der Waals surface area (Å²) in [6, 6.07) is 6.61. The van der Waals surface area contributed by atoms with Crippen molar-refractivity contribution in [3.63, 3.8) is 0 Å². The molecule has 6 heteroatoms. The average molecular weight is 246 g/mol. The predicted molar refractivity (Wildman–Crippen MR) is 70.5 cm³/mol. The van der Waals surface area contributed by atoms with Gasteiger partial charge in [-0.15, -0.1) is 0 Å². The van der Waals surface area contributed by atoms with Crippen molar-refractivity contribution in [2.45, 2.75) is 13.0 Å². The van der Waals surface area contributed by atoms with Gasteiger partial charge >= 0.3 is 0 Å². The molecule has 0 fully saturated rings. The Kier molecular flexibility index (Phi) is 3.38. The molecule has 2 rings (SSSR count). The van der Waals surface area contributed by atoms with Crippen LogP contribution in [0, 0.1) is 10.1 Å². The van der Waals surface area contributed by atoms with Crippen LogP contribution in [0.25, 0.3) is 10.9 Å². The van der Waals surface area contributed by atoms with Crippen LogP contribution in [0.2, 0.25) is 0 Å². The van der Waals surface area contributed by atoms with Crippen LogP contribution in [0.4, 0.5) is 11.4 Å². The van der Waals surface area contributed by atoms with Gasteiger partial charge in [0.2, 0.25) is 0 Å². The standard InChI is InChI=1S/C12H14N4O2/c1-8(7-13)15-10-4-5-11(16(17)18)9-3-2-6-14-12(9)10/h2-6,8,15H,7,13H2,1H3. The summed E-state index contributed by atoms with van der Waals surface area (Å²) in [6.07, 6.45) is 1.62. The molecular formula is C12H14N4O2. The highest BCUT2D eigenvalue weighted by atomic mass is 16.6. The molecule has 94 valence electrons. The van der Waals surface area contributed by atoms with Gasteiger partial charge in [-0.1, -0.05) is 0 Å². The second-order valence-electron chi connectivity index (χ2n) is 4.07. The van der Waals surface area contributed by atoms with Crippen LogP contribution in [0.15, 0.2) is 30.5 Å². The largest absolute Gasteiger partial charge is 0.380 e. The predicted octanol–water partition coefficient (Wildman–Crippen LogP) is 1.90. The van der Waals surface area contributed by atoms with Crippen molar-refractivity contribution in [2.75, 3.05) is 11.9 Å². The Balaban J connectivity index is 2.57. The fraction of sp³-hybridized carbons (Fsp3) is 0.250. The SMILES string of the molecule is CC(CN)Nc1ccc([N+](=O)[O-])c2cccnc12. The summed E-state index contributed by atoms with van der Waals surface area (Å²) in [5.41, 5.74) is 6.96. The number of aromatic nitrogens is 1. The molecule has 1 aromatic heterocycles. The number of nitrogens with one attached hydrogen (secondary N) is 1. The van der Waals surface area contributed by atoms with E-state index in [0.717, 1.165) is 5.69 Å². The maximum Gasteiger partial charge on any atom is 0.278 e. The van der Waals surface area contributed by atoms with Crippen molar-refractivity contribution >= 4 is 22.3 Å². The summed E-state index contributed by atoms with van der Waals surface area (Å²) in [5.74, 6) is 0. The van der Waals surface area contributed by atoms with E-state index in [0.29, 0.717) is 17.4 Å². The first-order valence-corrected chi connectivity index (χ1v) is 5.62. The van der Waals surface area contributed by atoms with E-state index in [1.807, 2.05) is 6.92 Å². The molecule has 0 bridgehead atoms. The number of pyridine rings is 1. The number of fused-ring (bicyclic) bond motifs is 1. The second-order valence-corrected chi connectivity index (χ2v) is 4.07. The molecule has 6 nitrogen and oxygen atoms in total. The van der Waals surface area contributed by atoms with E-state index in [2.05, 4.69) is 10.3 Å². The summed E-state index contributed by atoms with van der Waals surface area (Å²) in [4.78, 5) is 14.7. The smallest absolute Gasteiger partial charge is 0.278 e. The zero-order chi connectivity index (χ0) is 13.1. The van der Waals surface area contributed by atoms with Gasteiger partial charge < -0.3 is 11.1 Å². The third-order valence-corrected chi connectivity index (χ3v) is 2.70. The summed E-state index contributed by atoms with van der Waals surface area (Å²) < 4.78 is 0. The lowest BCUT2D eigenvalue weighted by Crippen LogP contribution is -2.25. The Hall–Kier alpha value is -2.21. The lowest BCUT2D eigenvalue weighted by Gasteiger charge is -2.14. The molecule has 0 aliphatic heterocycles. The molecule has 0 spiro atoms. The molecular weight excluding hydrogens is 232 g/mol.